The Labute approximate surface area is 145 Å². The molecule has 1 aromatic heterocycles. The number of pyridine rings is 1. The second-order valence-corrected chi connectivity index (χ2v) is 6.80. The first-order valence-corrected chi connectivity index (χ1v) is 9.34. The molecule has 1 aliphatic carbocycles. The number of hydrogen-bond acceptors (Lipinski definition) is 2. The molecule has 0 aliphatic heterocycles. The number of nitrogens with zero attached hydrogens (tertiary/aromatic N) is 2. The average molecular weight is 334 g/mol. The molecule has 23 heavy (non-hydrogen) atoms. The monoisotopic (exact) mass is 333 g/mol. The van der Waals surface area contributed by atoms with E-state index in [0.717, 1.165) is 30.6 Å². The van der Waals surface area contributed by atoms with Gasteiger partial charge in [-0.1, -0.05) is 49.9 Å². The van der Waals surface area contributed by atoms with Crippen molar-refractivity contribution in [1.29, 1.82) is 0 Å². The lowest BCUT2D eigenvalue weighted by Gasteiger charge is -2.26. The minimum Gasteiger partial charge on any atom is -0.381 e. The maximum absolute atomic E-state index is 9.74. The minimum atomic E-state index is 0.0427. The summed E-state index contributed by atoms with van der Waals surface area (Å²) in [7, 11) is 0. The molecule has 0 atom stereocenters. The Hall–Kier alpha value is -1.22. The van der Waals surface area contributed by atoms with Gasteiger partial charge in [-0.2, -0.15) is 0 Å². The van der Waals surface area contributed by atoms with Gasteiger partial charge in [0.25, 0.3) is 0 Å². The van der Waals surface area contributed by atoms with Gasteiger partial charge in [0.1, 0.15) is 0 Å². The normalized spacial score (nSPS) is 18.0. The van der Waals surface area contributed by atoms with Crippen LogP contribution in [-0.4, -0.2) is 11.0 Å². The summed E-state index contributed by atoms with van der Waals surface area (Å²) < 4.78 is 0. The largest absolute Gasteiger partial charge is 0.381 e. The van der Waals surface area contributed by atoms with E-state index in [1.54, 1.807) is 11.6 Å². The molecule has 0 amide bonds. The fourth-order valence-corrected chi connectivity index (χ4v) is 3.45. The lowest BCUT2D eigenvalue weighted by molar-refractivity contribution is 0.537. The van der Waals surface area contributed by atoms with Crippen molar-refractivity contribution in [3.05, 3.63) is 28.4 Å². The van der Waals surface area contributed by atoms with Crippen LogP contribution in [0.25, 0.3) is 0 Å². The van der Waals surface area contributed by atoms with E-state index in [-0.39, 0.29) is 5.82 Å². The number of unbranched alkanes of at least 4 members (excludes halogenated alkanes) is 3. The van der Waals surface area contributed by atoms with Gasteiger partial charge < -0.3 is 5.32 Å². The maximum atomic E-state index is 9.74. The zero-order valence-electron chi connectivity index (χ0n) is 14.4. The lowest BCUT2D eigenvalue weighted by Crippen LogP contribution is -2.23. The van der Waals surface area contributed by atoms with Crippen LogP contribution < -0.4 is 11.1 Å². The summed E-state index contributed by atoms with van der Waals surface area (Å²) in [6, 6.07) is 2.06. The third-order valence-electron chi connectivity index (χ3n) is 4.58. The van der Waals surface area contributed by atoms with Crippen molar-refractivity contribution in [3.63, 3.8) is 0 Å². The van der Waals surface area contributed by atoms with Crippen LogP contribution in [0.15, 0.2) is 17.7 Å². The fourth-order valence-electron chi connectivity index (χ4n) is 3.16. The second-order valence-electron chi connectivity index (χ2n) is 6.42. The van der Waals surface area contributed by atoms with E-state index in [1.807, 2.05) is 6.92 Å². The van der Waals surface area contributed by atoms with Crippen LogP contribution in [0.4, 0.5) is 11.5 Å². The van der Waals surface area contributed by atoms with Gasteiger partial charge >= 0.3 is 0 Å². The van der Waals surface area contributed by atoms with E-state index in [9.17, 15) is 5.73 Å². The first-order valence-electron chi connectivity index (χ1n) is 8.96. The van der Waals surface area contributed by atoms with Crippen molar-refractivity contribution in [1.82, 2.24) is 10.7 Å². The van der Waals surface area contributed by atoms with Gasteiger partial charge in [0.15, 0.2) is 5.82 Å². The highest BCUT2D eigenvalue weighted by Gasteiger charge is 2.18. The standard InChI is InChI=1S/C19H28ClN3/c1-3-5-6-7-8-14-9-11-15(12-10-14)22-17-13-18(21)23-16(4-2)19(17)20/h8,13,15H,3-7,9-12H2,1-2H3,(H,22,23). The summed E-state index contributed by atoms with van der Waals surface area (Å²) in [5.74, 6) is 0.0427. The van der Waals surface area contributed by atoms with E-state index in [1.165, 1.54) is 38.5 Å². The van der Waals surface area contributed by atoms with E-state index in [0.29, 0.717) is 11.1 Å². The second kappa shape index (κ2) is 9.17. The van der Waals surface area contributed by atoms with Crippen molar-refractivity contribution in [3.8, 4) is 0 Å². The molecule has 2 rings (SSSR count). The van der Waals surface area contributed by atoms with E-state index in [4.69, 9.17) is 11.6 Å². The molecule has 1 saturated carbocycles. The Balaban J connectivity index is 1.88. The first kappa shape index (κ1) is 18.1. The number of allylic oxidation sites excluding steroid dienone is 2. The van der Waals surface area contributed by atoms with Gasteiger partial charge in [-0.25, -0.2) is 4.98 Å². The number of aryl methyl sites for hydroxylation is 1. The zero-order valence-corrected chi connectivity index (χ0v) is 15.1. The molecule has 1 N–H and O–H groups in total. The third kappa shape index (κ3) is 5.42. The van der Waals surface area contributed by atoms with Crippen LogP contribution in [0.3, 0.4) is 0 Å². The number of anilines is 1. The van der Waals surface area contributed by atoms with Gasteiger partial charge in [0.05, 0.1) is 16.4 Å². The van der Waals surface area contributed by atoms with Gasteiger partial charge in [-0.05, 0) is 44.9 Å². The smallest absolute Gasteiger partial charge is 0.176 e. The average Bonchev–Trinajstić information content (AvgIpc) is 2.56. The molecule has 0 bridgehead atoms. The fraction of sp³-hybridized carbons (Fsp3) is 0.632. The first-order chi connectivity index (χ1) is 11.1. The predicted octanol–water partition coefficient (Wildman–Crippen LogP) is 5.86. The van der Waals surface area contributed by atoms with Crippen molar-refractivity contribution in [2.45, 2.75) is 77.7 Å². The Morgan fingerprint density at radius 2 is 2.04 bits per heavy atom. The molecule has 3 nitrogen and oxygen atoms in total. The summed E-state index contributed by atoms with van der Waals surface area (Å²) in [6.45, 7) is 4.24. The zero-order chi connectivity index (χ0) is 16.7. The van der Waals surface area contributed by atoms with Crippen molar-refractivity contribution in [2.75, 3.05) is 5.32 Å². The van der Waals surface area contributed by atoms with E-state index in [2.05, 4.69) is 23.3 Å². The Kier molecular flexibility index (Phi) is 7.22. The SMILES string of the molecule is CCCCCC=C1CCC(Nc2cc([N])nc(CC)c2Cl)CC1. The minimum absolute atomic E-state index is 0.0427. The number of hydrogen-bond donors (Lipinski definition) is 1. The molecule has 1 heterocycles. The molecule has 0 saturated heterocycles. The maximum Gasteiger partial charge on any atom is 0.176 e. The number of halogens is 1. The van der Waals surface area contributed by atoms with Crippen LogP contribution in [0.1, 0.15) is 70.9 Å². The van der Waals surface area contributed by atoms with Gasteiger partial charge in [0, 0.05) is 12.1 Å². The van der Waals surface area contributed by atoms with Gasteiger partial charge in [-0.3, -0.25) is 0 Å². The molecule has 0 unspecified atom stereocenters. The Bertz CT molecular complexity index is 530. The van der Waals surface area contributed by atoms with Crippen LogP contribution in [0, 0.1) is 0 Å². The molecular weight excluding hydrogens is 306 g/mol. The van der Waals surface area contributed by atoms with Crippen molar-refractivity contribution >= 4 is 23.1 Å². The van der Waals surface area contributed by atoms with Gasteiger partial charge in [0.2, 0.25) is 0 Å². The summed E-state index contributed by atoms with van der Waals surface area (Å²) in [5, 5.41) is 4.15. The third-order valence-corrected chi connectivity index (χ3v) is 5.00. The summed E-state index contributed by atoms with van der Waals surface area (Å²) >= 11 is 6.38. The van der Waals surface area contributed by atoms with E-state index < -0.39 is 0 Å². The number of nitrogens with one attached hydrogen (secondary N) is 1. The number of aromatic nitrogens is 1. The summed E-state index contributed by atoms with van der Waals surface area (Å²) in [6.07, 6.45) is 12.9. The topological polar surface area (TPSA) is 47.2 Å². The Morgan fingerprint density at radius 3 is 2.70 bits per heavy atom. The molecular formula is C19H28ClN3. The van der Waals surface area contributed by atoms with Crippen LogP contribution in [-0.2, 0) is 6.42 Å². The van der Waals surface area contributed by atoms with Crippen LogP contribution in [0.5, 0.6) is 0 Å². The predicted molar refractivity (Wildman–Crippen MR) is 98.5 cm³/mol. The van der Waals surface area contributed by atoms with Crippen molar-refractivity contribution < 1.29 is 0 Å². The lowest BCUT2D eigenvalue weighted by atomic mass is 9.90. The summed E-state index contributed by atoms with van der Waals surface area (Å²) in [5.41, 5.74) is 12.9. The quantitative estimate of drug-likeness (QED) is 0.502. The molecule has 0 aromatic carbocycles. The Morgan fingerprint density at radius 1 is 1.30 bits per heavy atom. The highest BCUT2D eigenvalue weighted by Crippen LogP contribution is 2.32. The highest BCUT2D eigenvalue weighted by atomic mass is 35.5. The highest BCUT2D eigenvalue weighted by molar-refractivity contribution is 6.33. The molecule has 4 heteroatoms. The molecule has 1 aliphatic rings. The molecule has 1 fully saturated rings. The van der Waals surface area contributed by atoms with Crippen LogP contribution >= 0.6 is 11.6 Å². The molecule has 2 radical (unpaired) electrons. The molecule has 126 valence electrons. The molecule has 1 aromatic rings. The van der Waals surface area contributed by atoms with Crippen LogP contribution in [0.2, 0.25) is 5.02 Å². The van der Waals surface area contributed by atoms with Gasteiger partial charge in [-0.15, -0.1) is 5.73 Å². The number of rotatable bonds is 7. The van der Waals surface area contributed by atoms with E-state index >= 15 is 0 Å². The molecule has 0 spiro atoms. The summed E-state index contributed by atoms with van der Waals surface area (Å²) in [4.78, 5) is 4.08. The van der Waals surface area contributed by atoms with Crippen molar-refractivity contribution in [2.24, 2.45) is 0 Å².